The minimum Gasteiger partial charge on any atom is -0.271 e. The Kier molecular flexibility index (Phi) is 3.52. The number of nitrogens with two attached hydrogens (primary N) is 1. The van der Waals surface area contributed by atoms with Crippen LogP contribution in [0, 0.1) is 3.57 Å². The van der Waals surface area contributed by atoms with Gasteiger partial charge in [0.05, 0.1) is 17.9 Å². The number of rotatable bonds is 3. The van der Waals surface area contributed by atoms with Crippen molar-refractivity contribution in [3.8, 4) is 0 Å². The van der Waals surface area contributed by atoms with Crippen molar-refractivity contribution >= 4 is 22.6 Å². The second kappa shape index (κ2) is 4.89. The van der Waals surface area contributed by atoms with Crippen LogP contribution in [-0.2, 0) is 7.05 Å². The monoisotopic (exact) mass is 329 g/mol. The molecular formula is C10H12IN5. The summed E-state index contributed by atoms with van der Waals surface area (Å²) in [4.78, 5) is 0. The van der Waals surface area contributed by atoms with Crippen molar-refractivity contribution in [3.63, 3.8) is 0 Å². The summed E-state index contributed by atoms with van der Waals surface area (Å²) in [6.45, 7) is 0. The molecule has 0 radical (unpaired) electrons. The topological polar surface area (TPSA) is 68.8 Å². The van der Waals surface area contributed by atoms with Gasteiger partial charge in [0.2, 0.25) is 0 Å². The first-order valence-electron chi connectivity index (χ1n) is 4.78. The molecule has 0 saturated heterocycles. The summed E-state index contributed by atoms with van der Waals surface area (Å²) in [5, 5.41) is 7.76. The van der Waals surface area contributed by atoms with Crippen molar-refractivity contribution in [2.75, 3.05) is 0 Å². The van der Waals surface area contributed by atoms with Gasteiger partial charge in [0.1, 0.15) is 0 Å². The Bertz CT molecular complexity index is 482. The summed E-state index contributed by atoms with van der Waals surface area (Å²) in [6, 6.07) is 8.07. The highest BCUT2D eigenvalue weighted by molar-refractivity contribution is 14.1. The maximum absolute atomic E-state index is 5.59. The van der Waals surface area contributed by atoms with E-state index in [1.165, 1.54) is 3.57 Å². The summed E-state index contributed by atoms with van der Waals surface area (Å²) in [6.07, 6.45) is 1.71. The molecule has 1 atom stereocenters. The Hall–Kier alpha value is -0.990. The van der Waals surface area contributed by atoms with Gasteiger partial charge in [0.25, 0.3) is 0 Å². The minimum absolute atomic E-state index is 0.0882. The second-order valence-corrected chi connectivity index (χ2v) is 4.68. The maximum atomic E-state index is 5.59. The third-order valence-electron chi connectivity index (χ3n) is 2.39. The average molecular weight is 329 g/mol. The van der Waals surface area contributed by atoms with Gasteiger partial charge in [0.15, 0.2) is 0 Å². The van der Waals surface area contributed by atoms with Gasteiger partial charge in [-0.05, 0) is 40.3 Å². The lowest BCUT2D eigenvalue weighted by Crippen LogP contribution is -2.30. The van der Waals surface area contributed by atoms with E-state index in [4.69, 9.17) is 5.84 Å². The molecule has 0 bridgehead atoms. The molecule has 0 amide bonds. The average Bonchev–Trinajstić information content (AvgIpc) is 2.67. The number of nitrogens with one attached hydrogen (secondary N) is 1. The van der Waals surface area contributed by atoms with Crippen LogP contribution in [0.4, 0.5) is 0 Å². The number of hydrogen-bond acceptors (Lipinski definition) is 4. The lowest BCUT2D eigenvalue weighted by atomic mass is 10.1. The Balaban J connectivity index is 2.40. The smallest absolute Gasteiger partial charge is 0.0894 e. The molecular weight excluding hydrogens is 317 g/mol. The lowest BCUT2D eigenvalue weighted by molar-refractivity contribution is 0.570. The maximum Gasteiger partial charge on any atom is 0.0894 e. The van der Waals surface area contributed by atoms with Crippen LogP contribution in [-0.4, -0.2) is 15.0 Å². The fraction of sp³-hybridized carbons (Fsp3) is 0.200. The van der Waals surface area contributed by atoms with Gasteiger partial charge in [-0.3, -0.25) is 10.5 Å². The van der Waals surface area contributed by atoms with Gasteiger partial charge in [-0.15, -0.1) is 5.10 Å². The number of halogens is 1. The molecule has 6 heteroatoms. The fourth-order valence-corrected chi connectivity index (χ4v) is 2.16. The molecule has 0 spiro atoms. The zero-order valence-electron chi connectivity index (χ0n) is 8.76. The highest BCUT2D eigenvalue weighted by atomic mass is 127. The van der Waals surface area contributed by atoms with Crippen LogP contribution in [0.3, 0.4) is 0 Å². The molecule has 0 aliphatic rings. The van der Waals surface area contributed by atoms with Gasteiger partial charge in [-0.1, -0.05) is 17.3 Å². The molecule has 1 aromatic carbocycles. The Morgan fingerprint density at radius 3 is 2.88 bits per heavy atom. The molecule has 2 rings (SSSR count). The van der Waals surface area contributed by atoms with Crippen molar-refractivity contribution in [3.05, 3.63) is 45.3 Å². The Labute approximate surface area is 107 Å². The first kappa shape index (κ1) is 11.5. The lowest BCUT2D eigenvalue weighted by Gasteiger charge is -2.16. The molecule has 1 aromatic heterocycles. The highest BCUT2D eigenvalue weighted by Crippen LogP contribution is 2.21. The number of hydrazine groups is 1. The predicted octanol–water partition coefficient (Wildman–Crippen LogP) is 0.972. The number of aromatic nitrogens is 3. The molecule has 2 aromatic rings. The molecule has 3 N–H and O–H groups in total. The van der Waals surface area contributed by atoms with Crippen LogP contribution in [0.25, 0.3) is 0 Å². The van der Waals surface area contributed by atoms with Crippen LogP contribution >= 0.6 is 22.6 Å². The Morgan fingerprint density at radius 1 is 1.50 bits per heavy atom. The normalized spacial score (nSPS) is 12.7. The summed E-state index contributed by atoms with van der Waals surface area (Å²) in [5.74, 6) is 5.59. The van der Waals surface area contributed by atoms with E-state index in [9.17, 15) is 0 Å². The van der Waals surface area contributed by atoms with E-state index in [0.717, 1.165) is 11.3 Å². The van der Waals surface area contributed by atoms with E-state index in [1.807, 2.05) is 25.2 Å². The molecule has 0 fully saturated rings. The first-order chi connectivity index (χ1) is 7.72. The first-order valence-corrected chi connectivity index (χ1v) is 5.86. The summed E-state index contributed by atoms with van der Waals surface area (Å²) < 4.78 is 2.88. The number of benzene rings is 1. The highest BCUT2D eigenvalue weighted by Gasteiger charge is 2.16. The van der Waals surface area contributed by atoms with E-state index in [-0.39, 0.29) is 6.04 Å². The van der Waals surface area contributed by atoms with E-state index in [1.54, 1.807) is 10.9 Å². The zero-order chi connectivity index (χ0) is 11.5. The Morgan fingerprint density at radius 2 is 2.31 bits per heavy atom. The van der Waals surface area contributed by atoms with Crippen LogP contribution in [0.1, 0.15) is 17.3 Å². The van der Waals surface area contributed by atoms with Crippen molar-refractivity contribution < 1.29 is 0 Å². The summed E-state index contributed by atoms with van der Waals surface area (Å²) >= 11 is 2.28. The SMILES string of the molecule is Cn1nncc1C(NN)c1cccc(I)c1. The summed E-state index contributed by atoms with van der Waals surface area (Å²) in [7, 11) is 1.85. The molecule has 0 aliphatic heterocycles. The van der Waals surface area contributed by atoms with E-state index in [0.29, 0.717) is 0 Å². The molecule has 5 nitrogen and oxygen atoms in total. The van der Waals surface area contributed by atoms with Crippen molar-refractivity contribution in [2.24, 2.45) is 12.9 Å². The second-order valence-electron chi connectivity index (χ2n) is 3.44. The third kappa shape index (κ3) is 2.23. The summed E-state index contributed by atoms with van der Waals surface area (Å²) in [5.41, 5.74) is 4.82. The van der Waals surface area contributed by atoms with Crippen LogP contribution in [0.2, 0.25) is 0 Å². The van der Waals surface area contributed by atoms with Crippen LogP contribution in [0.15, 0.2) is 30.5 Å². The van der Waals surface area contributed by atoms with Crippen LogP contribution < -0.4 is 11.3 Å². The van der Waals surface area contributed by atoms with Crippen molar-refractivity contribution in [1.29, 1.82) is 0 Å². The van der Waals surface area contributed by atoms with Crippen LogP contribution in [0.5, 0.6) is 0 Å². The largest absolute Gasteiger partial charge is 0.271 e. The number of nitrogens with zero attached hydrogens (tertiary/aromatic N) is 3. The quantitative estimate of drug-likeness (QED) is 0.500. The van der Waals surface area contributed by atoms with E-state index >= 15 is 0 Å². The van der Waals surface area contributed by atoms with Gasteiger partial charge >= 0.3 is 0 Å². The standard InChI is InChI=1S/C10H12IN5/c1-16-9(6-13-15-16)10(14-12)7-3-2-4-8(11)5-7/h2-6,10,14H,12H2,1H3. The van der Waals surface area contributed by atoms with E-state index < -0.39 is 0 Å². The fourth-order valence-electron chi connectivity index (χ4n) is 1.60. The van der Waals surface area contributed by atoms with Gasteiger partial charge in [-0.25, -0.2) is 5.43 Å². The van der Waals surface area contributed by atoms with Gasteiger partial charge < -0.3 is 0 Å². The minimum atomic E-state index is -0.0882. The molecule has 1 heterocycles. The van der Waals surface area contributed by atoms with Crippen molar-refractivity contribution in [1.82, 2.24) is 20.4 Å². The van der Waals surface area contributed by atoms with E-state index in [2.05, 4.69) is 44.4 Å². The molecule has 84 valence electrons. The molecule has 0 aliphatic carbocycles. The van der Waals surface area contributed by atoms with Gasteiger partial charge in [-0.2, -0.15) is 0 Å². The zero-order valence-corrected chi connectivity index (χ0v) is 10.9. The van der Waals surface area contributed by atoms with Crippen molar-refractivity contribution in [2.45, 2.75) is 6.04 Å². The molecule has 16 heavy (non-hydrogen) atoms. The molecule has 0 saturated carbocycles. The van der Waals surface area contributed by atoms with Gasteiger partial charge in [0, 0.05) is 10.6 Å². The predicted molar refractivity (Wildman–Crippen MR) is 69.3 cm³/mol. The third-order valence-corrected chi connectivity index (χ3v) is 3.06. The number of hydrogen-bond donors (Lipinski definition) is 2. The number of aryl methyl sites for hydroxylation is 1. The molecule has 1 unspecified atom stereocenters.